The molecule has 6 nitrogen and oxygen atoms in total. The Hall–Kier alpha value is -19.1. The molecule has 672 valence electrons. The van der Waals surface area contributed by atoms with Crippen LogP contribution in [0.4, 0.5) is 0 Å². The van der Waals surface area contributed by atoms with E-state index < -0.39 is 0 Å². The van der Waals surface area contributed by atoms with Crippen molar-refractivity contribution in [2.24, 2.45) is 0 Å². The van der Waals surface area contributed by atoms with Crippen molar-refractivity contribution >= 4 is 163 Å². The van der Waals surface area contributed by atoms with Crippen molar-refractivity contribution in [1.82, 2.24) is 27.4 Å². The standard InChI is InChI=1S/3C46H30N2/c1-2-13-32(14-3-1)37-16-6-9-19-42(37)48-44-21-11-8-18-39(44)41-30-35(24-27-46(41)48)34-23-26-45-40(29-34)38-17-7-10-20-43(38)47(45)36-25-22-31-12-4-5-15-33(31)28-36;1-2-11-31(12-3-1)34-15-10-16-37(27-34)47-43-19-8-6-17-39(43)41-29-35(22-25-45(41)47)36-23-26-46-42(30-36)40-18-7-9-20-44(40)48(46)38-24-21-32-13-4-5-14-33(32)28-38;1-2-10-31(11-3-1)33-18-23-37(24-19-33)47-43-16-8-6-14-39(43)41-29-35(21-26-45(41)47)36-22-27-46-42(30-36)40-15-7-9-17-44(40)48(46)38-25-20-32-12-4-5-13-34(32)28-38/h3*1-30H. The van der Waals surface area contributed by atoms with E-state index >= 15 is 0 Å². The lowest BCUT2D eigenvalue weighted by Crippen LogP contribution is -1.97. The molecule has 0 atom stereocenters. The van der Waals surface area contributed by atoms with Gasteiger partial charge in [-0.25, -0.2) is 0 Å². The Morgan fingerprint density at radius 1 is 0.0972 bits per heavy atom. The molecule has 0 amide bonds. The van der Waals surface area contributed by atoms with E-state index in [1.807, 2.05) is 0 Å². The average Bonchev–Trinajstić information content (AvgIpc) is 1.58. The first-order valence-corrected chi connectivity index (χ1v) is 49.6. The lowest BCUT2D eigenvalue weighted by molar-refractivity contribution is 1.18. The summed E-state index contributed by atoms with van der Waals surface area (Å²) < 4.78 is 14.4. The molecule has 0 aliphatic heterocycles. The summed E-state index contributed by atoms with van der Waals surface area (Å²) >= 11 is 0. The molecule has 30 aromatic rings. The van der Waals surface area contributed by atoms with E-state index in [2.05, 4.69) is 573 Å². The zero-order chi connectivity index (χ0) is 94.8. The van der Waals surface area contributed by atoms with Gasteiger partial charge in [0.2, 0.25) is 0 Å². The number of benzene rings is 24. The normalized spacial score (nSPS) is 11.8. The van der Waals surface area contributed by atoms with Gasteiger partial charge >= 0.3 is 0 Å². The Bertz CT molecular complexity index is 10400. The van der Waals surface area contributed by atoms with Crippen LogP contribution >= 0.6 is 0 Å². The van der Waals surface area contributed by atoms with Crippen LogP contribution in [-0.4, -0.2) is 27.4 Å². The van der Waals surface area contributed by atoms with Gasteiger partial charge in [-0.2, -0.15) is 0 Å². The first-order chi connectivity index (χ1) is 71.4. The molecule has 30 rings (SSSR count). The van der Waals surface area contributed by atoms with E-state index in [9.17, 15) is 0 Å². The summed E-state index contributed by atoms with van der Waals surface area (Å²) in [5.41, 5.74) is 36.2. The molecule has 0 bridgehead atoms. The van der Waals surface area contributed by atoms with Gasteiger partial charge in [0.05, 0.1) is 71.9 Å². The van der Waals surface area contributed by atoms with Gasteiger partial charge in [0.15, 0.2) is 0 Å². The van der Waals surface area contributed by atoms with E-state index in [1.165, 1.54) is 258 Å². The molecule has 6 aromatic heterocycles. The first-order valence-electron chi connectivity index (χ1n) is 49.6. The molecule has 0 saturated carbocycles. The summed E-state index contributed by atoms with van der Waals surface area (Å²) in [5.74, 6) is 0. The van der Waals surface area contributed by atoms with Gasteiger partial charge in [-0.1, -0.05) is 370 Å². The van der Waals surface area contributed by atoms with Crippen molar-refractivity contribution < 1.29 is 0 Å². The van der Waals surface area contributed by atoms with Gasteiger partial charge in [0, 0.05) is 98.6 Å². The fourth-order valence-corrected chi connectivity index (χ4v) is 22.9. The van der Waals surface area contributed by atoms with Crippen LogP contribution in [0.25, 0.3) is 264 Å². The van der Waals surface area contributed by atoms with E-state index in [0.717, 1.165) is 5.69 Å². The molecule has 0 radical (unpaired) electrons. The summed E-state index contributed by atoms with van der Waals surface area (Å²) in [7, 11) is 0. The Kier molecular flexibility index (Phi) is 19.9. The van der Waals surface area contributed by atoms with E-state index in [0.29, 0.717) is 0 Å². The summed E-state index contributed by atoms with van der Waals surface area (Å²) in [6.07, 6.45) is 0. The fraction of sp³-hybridized carbons (Fsp3) is 0. The zero-order valence-corrected chi connectivity index (χ0v) is 78.6. The third kappa shape index (κ3) is 14.1. The number of hydrogen-bond acceptors (Lipinski definition) is 0. The van der Waals surface area contributed by atoms with Crippen molar-refractivity contribution in [1.29, 1.82) is 0 Å². The number of hydrogen-bond donors (Lipinski definition) is 0. The minimum Gasteiger partial charge on any atom is -0.309 e. The van der Waals surface area contributed by atoms with Crippen LogP contribution in [0.3, 0.4) is 0 Å². The van der Waals surface area contributed by atoms with Crippen molar-refractivity contribution in [3.05, 3.63) is 546 Å². The van der Waals surface area contributed by atoms with Crippen LogP contribution in [0.2, 0.25) is 0 Å². The third-order valence-electron chi connectivity index (χ3n) is 29.7. The lowest BCUT2D eigenvalue weighted by atomic mass is 10.0. The van der Waals surface area contributed by atoms with Gasteiger partial charge in [0.1, 0.15) is 0 Å². The number of para-hydroxylation sites is 7. The second-order valence-corrected chi connectivity index (χ2v) is 37.8. The minimum atomic E-state index is 1.16. The maximum absolute atomic E-state index is 2.43. The molecular weight excluding hydrogens is 1740 g/mol. The topological polar surface area (TPSA) is 29.6 Å². The smallest absolute Gasteiger partial charge is 0.0541 e. The summed E-state index contributed by atoms with van der Waals surface area (Å²) in [6, 6.07) is 199. The molecule has 144 heavy (non-hydrogen) atoms. The van der Waals surface area contributed by atoms with Gasteiger partial charge < -0.3 is 27.4 Å². The predicted molar refractivity (Wildman–Crippen MR) is 610 cm³/mol. The minimum absolute atomic E-state index is 1.16. The number of aromatic nitrogens is 6. The van der Waals surface area contributed by atoms with E-state index in [4.69, 9.17) is 0 Å². The molecule has 24 aromatic carbocycles. The van der Waals surface area contributed by atoms with Crippen LogP contribution in [0.15, 0.2) is 546 Å². The largest absolute Gasteiger partial charge is 0.309 e. The van der Waals surface area contributed by atoms with Crippen LogP contribution in [-0.2, 0) is 0 Å². The first kappa shape index (κ1) is 83.1. The Morgan fingerprint density at radius 3 is 0.653 bits per heavy atom. The van der Waals surface area contributed by atoms with Gasteiger partial charge in [-0.05, 0) is 269 Å². The monoisotopic (exact) mass is 1830 g/mol. The van der Waals surface area contributed by atoms with Crippen LogP contribution in [0, 0.1) is 0 Å². The zero-order valence-electron chi connectivity index (χ0n) is 78.6. The SMILES string of the molecule is c1ccc(-c2ccc(-n3c4ccccc4c4cc(-c5ccc6c(c5)c5ccccc5n6-c5ccc6ccccc6c5)ccc43)cc2)cc1.c1ccc(-c2cccc(-n3c4ccccc4c4cc(-c5ccc6c(c5)c5ccccc5n6-c5ccc6ccccc6c5)ccc43)c2)cc1.c1ccc(-c2ccccc2-n2c3ccccc3c3cc(-c4ccc5c(c4)c4ccccc4n5-c4ccc5ccccc5c4)ccc32)cc1. The lowest BCUT2D eigenvalue weighted by Gasteiger charge is -2.14. The Labute approximate surface area is 831 Å². The summed E-state index contributed by atoms with van der Waals surface area (Å²) in [4.78, 5) is 0. The molecule has 6 heteroatoms. The third-order valence-corrected chi connectivity index (χ3v) is 29.7. The average molecular weight is 1830 g/mol. The molecule has 0 unspecified atom stereocenters. The van der Waals surface area contributed by atoms with E-state index in [-0.39, 0.29) is 0 Å². The maximum Gasteiger partial charge on any atom is 0.0541 e. The highest BCUT2D eigenvalue weighted by atomic mass is 15.0. The molecule has 0 N–H and O–H groups in total. The molecule has 0 spiro atoms. The second-order valence-electron chi connectivity index (χ2n) is 37.8. The molecule has 6 heterocycles. The fourth-order valence-electron chi connectivity index (χ4n) is 22.9. The van der Waals surface area contributed by atoms with E-state index in [1.54, 1.807) is 0 Å². The Morgan fingerprint density at radius 2 is 0.312 bits per heavy atom. The molecule has 0 fully saturated rings. The van der Waals surface area contributed by atoms with Crippen LogP contribution in [0.1, 0.15) is 0 Å². The highest BCUT2D eigenvalue weighted by Crippen LogP contribution is 2.46. The van der Waals surface area contributed by atoms with Crippen molar-refractivity contribution in [2.75, 3.05) is 0 Å². The summed E-state index contributed by atoms with van der Waals surface area (Å²) in [5, 5.41) is 22.6. The van der Waals surface area contributed by atoms with Crippen LogP contribution < -0.4 is 0 Å². The Balaban J connectivity index is 0.000000105. The highest BCUT2D eigenvalue weighted by molar-refractivity contribution is 6.18. The molecule has 0 saturated heterocycles. The van der Waals surface area contributed by atoms with Crippen molar-refractivity contribution in [3.8, 4) is 101 Å². The van der Waals surface area contributed by atoms with Gasteiger partial charge in [0.25, 0.3) is 0 Å². The molecule has 0 aliphatic carbocycles. The molecule has 0 aliphatic rings. The maximum atomic E-state index is 2.43. The van der Waals surface area contributed by atoms with Crippen LogP contribution in [0.5, 0.6) is 0 Å². The van der Waals surface area contributed by atoms with Gasteiger partial charge in [-0.3, -0.25) is 0 Å². The molecular formula is C138H90N6. The van der Waals surface area contributed by atoms with Crippen molar-refractivity contribution in [3.63, 3.8) is 0 Å². The van der Waals surface area contributed by atoms with Gasteiger partial charge in [-0.15, -0.1) is 0 Å². The number of rotatable bonds is 12. The predicted octanol–water partition coefficient (Wildman–Crippen LogP) is 37.1. The number of fused-ring (bicyclic) bond motifs is 21. The second kappa shape index (κ2) is 34.5. The number of nitrogens with zero attached hydrogens (tertiary/aromatic N) is 6. The van der Waals surface area contributed by atoms with Crippen molar-refractivity contribution in [2.45, 2.75) is 0 Å². The summed E-state index contributed by atoms with van der Waals surface area (Å²) in [6.45, 7) is 0. The quantitative estimate of drug-likeness (QED) is 0.117. The highest BCUT2D eigenvalue weighted by Gasteiger charge is 2.24.